The van der Waals surface area contributed by atoms with Crippen molar-refractivity contribution in [1.82, 2.24) is 0 Å². The van der Waals surface area contributed by atoms with Crippen molar-refractivity contribution in [3.8, 4) is 6.07 Å². The van der Waals surface area contributed by atoms with Crippen molar-refractivity contribution in [3.63, 3.8) is 0 Å². The number of hydrogen-bond acceptors (Lipinski definition) is 1. The SMILES string of the molecule is N#Cc1c(F)ccc(Br)c1F. The predicted molar refractivity (Wildman–Crippen MR) is 38.8 cm³/mol. The van der Waals surface area contributed by atoms with Gasteiger partial charge < -0.3 is 0 Å². The lowest BCUT2D eigenvalue weighted by Gasteiger charge is -1.96. The molecular weight excluding hydrogens is 216 g/mol. The quantitative estimate of drug-likeness (QED) is 0.614. The maximum atomic E-state index is 12.8. The van der Waals surface area contributed by atoms with E-state index in [4.69, 9.17) is 5.26 Å². The number of halogens is 3. The summed E-state index contributed by atoms with van der Waals surface area (Å²) >= 11 is 2.83. The highest BCUT2D eigenvalue weighted by Gasteiger charge is 2.10. The fourth-order valence-corrected chi connectivity index (χ4v) is 0.960. The highest BCUT2D eigenvalue weighted by atomic mass is 79.9. The largest absolute Gasteiger partial charge is 0.205 e. The van der Waals surface area contributed by atoms with Crippen LogP contribution in [0.1, 0.15) is 5.56 Å². The van der Waals surface area contributed by atoms with Crippen LogP contribution in [0.2, 0.25) is 0 Å². The maximum Gasteiger partial charge on any atom is 0.158 e. The van der Waals surface area contributed by atoms with Crippen LogP contribution in [-0.2, 0) is 0 Å². The Balaban J connectivity index is 3.44. The van der Waals surface area contributed by atoms with Gasteiger partial charge in [-0.2, -0.15) is 5.26 Å². The van der Waals surface area contributed by atoms with Crippen molar-refractivity contribution in [3.05, 3.63) is 33.8 Å². The average molecular weight is 218 g/mol. The summed E-state index contributed by atoms with van der Waals surface area (Å²) in [6, 6.07) is 3.67. The summed E-state index contributed by atoms with van der Waals surface area (Å²) in [7, 11) is 0. The molecule has 1 aromatic carbocycles. The van der Waals surface area contributed by atoms with E-state index in [1.165, 1.54) is 12.1 Å². The number of nitrogens with zero attached hydrogens (tertiary/aromatic N) is 1. The third kappa shape index (κ3) is 1.38. The van der Waals surface area contributed by atoms with Crippen LogP contribution in [0.4, 0.5) is 8.78 Å². The van der Waals surface area contributed by atoms with E-state index >= 15 is 0 Å². The maximum absolute atomic E-state index is 12.8. The normalized spacial score (nSPS) is 9.27. The molecule has 1 aromatic rings. The van der Waals surface area contributed by atoms with Crippen LogP contribution in [-0.4, -0.2) is 0 Å². The van der Waals surface area contributed by atoms with E-state index in [2.05, 4.69) is 15.9 Å². The van der Waals surface area contributed by atoms with Gasteiger partial charge in [-0.05, 0) is 28.1 Å². The van der Waals surface area contributed by atoms with Gasteiger partial charge in [0.1, 0.15) is 17.4 Å². The molecule has 0 saturated heterocycles. The lowest BCUT2D eigenvalue weighted by Crippen LogP contribution is -1.89. The second-order valence-corrected chi connectivity index (χ2v) is 2.68. The van der Waals surface area contributed by atoms with Crippen molar-refractivity contribution in [2.24, 2.45) is 0 Å². The molecule has 0 heterocycles. The van der Waals surface area contributed by atoms with Crippen LogP contribution in [0.25, 0.3) is 0 Å². The van der Waals surface area contributed by atoms with E-state index < -0.39 is 17.2 Å². The summed E-state index contributed by atoms with van der Waals surface area (Å²) in [5.41, 5.74) is -0.556. The Morgan fingerprint density at radius 1 is 1.36 bits per heavy atom. The molecular formula is C7H2BrF2N. The standard InChI is InChI=1S/C7H2BrF2N/c8-5-1-2-6(9)4(3-11)7(5)10/h1-2H. The van der Waals surface area contributed by atoms with Gasteiger partial charge in [-0.3, -0.25) is 0 Å². The zero-order valence-electron chi connectivity index (χ0n) is 5.24. The first-order chi connectivity index (χ1) is 5.16. The molecule has 0 atom stereocenters. The van der Waals surface area contributed by atoms with Crippen LogP contribution in [0.15, 0.2) is 16.6 Å². The Hall–Kier alpha value is -0.950. The molecule has 0 saturated carbocycles. The first-order valence-corrected chi connectivity index (χ1v) is 3.49. The van der Waals surface area contributed by atoms with Crippen LogP contribution < -0.4 is 0 Å². The smallest absolute Gasteiger partial charge is 0.158 e. The van der Waals surface area contributed by atoms with Gasteiger partial charge in [-0.25, -0.2) is 8.78 Å². The van der Waals surface area contributed by atoms with Gasteiger partial charge in [0.15, 0.2) is 5.82 Å². The van der Waals surface area contributed by atoms with Crippen LogP contribution in [0.5, 0.6) is 0 Å². The van der Waals surface area contributed by atoms with Crippen LogP contribution >= 0.6 is 15.9 Å². The zero-order chi connectivity index (χ0) is 8.43. The fraction of sp³-hybridized carbons (Fsp3) is 0. The second kappa shape index (κ2) is 2.97. The van der Waals surface area contributed by atoms with Crippen molar-refractivity contribution in [2.75, 3.05) is 0 Å². The Kier molecular flexibility index (Phi) is 2.20. The molecule has 0 spiro atoms. The first kappa shape index (κ1) is 8.15. The first-order valence-electron chi connectivity index (χ1n) is 2.70. The van der Waals surface area contributed by atoms with E-state index in [0.29, 0.717) is 0 Å². The molecule has 56 valence electrons. The molecule has 0 unspecified atom stereocenters. The fourth-order valence-electron chi connectivity index (χ4n) is 0.630. The monoisotopic (exact) mass is 217 g/mol. The number of benzene rings is 1. The Bertz CT molecular complexity index is 330. The Morgan fingerprint density at radius 2 is 2.00 bits per heavy atom. The van der Waals surface area contributed by atoms with E-state index in [-0.39, 0.29) is 4.47 Å². The molecule has 0 amide bonds. The third-order valence-electron chi connectivity index (χ3n) is 1.16. The predicted octanol–water partition coefficient (Wildman–Crippen LogP) is 2.60. The molecule has 0 aromatic heterocycles. The molecule has 0 aliphatic heterocycles. The molecule has 0 N–H and O–H groups in total. The average Bonchev–Trinajstić information content (AvgIpc) is 1.99. The molecule has 1 nitrogen and oxygen atoms in total. The highest BCUT2D eigenvalue weighted by Crippen LogP contribution is 2.20. The van der Waals surface area contributed by atoms with Crippen LogP contribution in [0, 0.1) is 23.0 Å². The van der Waals surface area contributed by atoms with E-state index in [1.807, 2.05) is 0 Å². The van der Waals surface area contributed by atoms with Gasteiger partial charge >= 0.3 is 0 Å². The van der Waals surface area contributed by atoms with Gasteiger partial charge in [0, 0.05) is 0 Å². The van der Waals surface area contributed by atoms with Gasteiger partial charge in [0.2, 0.25) is 0 Å². The lowest BCUT2D eigenvalue weighted by molar-refractivity contribution is 0.572. The minimum Gasteiger partial charge on any atom is -0.205 e. The van der Waals surface area contributed by atoms with Gasteiger partial charge in [0.05, 0.1) is 4.47 Å². The van der Waals surface area contributed by atoms with Gasteiger partial charge in [0.25, 0.3) is 0 Å². The number of hydrogen-bond donors (Lipinski definition) is 0. The van der Waals surface area contributed by atoms with E-state index in [1.54, 1.807) is 0 Å². The minimum absolute atomic E-state index is 0.0930. The summed E-state index contributed by atoms with van der Waals surface area (Å²) in [5.74, 6) is -1.69. The molecule has 4 heteroatoms. The van der Waals surface area contributed by atoms with E-state index in [0.717, 1.165) is 6.07 Å². The van der Waals surface area contributed by atoms with Gasteiger partial charge in [-0.15, -0.1) is 0 Å². The molecule has 11 heavy (non-hydrogen) atoms. The summed E-state index contributed by atoms with van der Waals surface area (Å²) in [5, 5.41) is 8.27. The summed E-state index contributed by atoms with van der Waals surface area (Å²) in [4.78, 5) is 0. The topological polar surface area (TPSA) is 23.8 Å². The second-order valence-electron chi connectivity index (χ2n) is 1.83. The van der Waals surface area contributed by atoms with E-state index in [9.17, 15) is 8.78 Å². The molecule has 0 fully saturated rings. The molecule has 0 aliphatic rings. The number of nitriles is 1. The van der Waals surface area contributed by atoms with Crippen molar-refractivity contribution >= 4 is 15.9 Å². The highest BCUT2D eigenvalue weighted by molar-refractivity contribution is 9.10. The third-order valence-corrected chi connectivity index (χ3v) is 1.77. The lowest BCUT2D eigenvalue weighted by atomic mass is 10.2. The summed E-state index contributed by atoms with van der Waals surface area (Å²) in [6.07, 6.45) is 0. The Morgan fingerprint density at radius 3 is 2.45 bits per heavy atom. The van der Waals surface area contributed by atoms with Crippen LogP contribution in [0.3, 0.4) is 0 Å². The zero-order valence-corrected chi connectivity index (χ0v) is 6.82. The van der Waals surface area contributed by atoms with Crippen molar-refractivity contribution in [1.29, 1.82) is 5.26 Å². The minimum atomic E-state index is -0.854. The van der Waals surface area contributed by atoms with Crippen molar-refractivity contribution < 1.29 is 8.78 Å². The Labute approximate surface area is 70.4 Å². The van der Waals surface area contributed by atoms with Gasteiger partial charge in [-0.1, -0.05) is 0 Å². The summed E-state index contributed by atoms with van der Waals surface area (Å²) < 4.78 is 25.4. The molecule has 1 rings (SSSR count). The molecule has 0 bridgehead atoms. The molecule has 0 aliphatic carbocycles. The number of rotatable bonds is 0. The summed E-state index contributed by atoms with van der Waals surface area (Å²) in [6.45, 7) is 0. The molecule has 0 radical (unpaired) electrons. The van der Waals surface area contributed by atoms with Crippen molar-refractivity contribution in [2.45, 2.75) is 0 Å².